The number of nitrogens with one attached hydrogen (secondary N) is 1. The molecule has 0 fully saturated rings. The average Bonchev–Trinajstić information content (AvgIpc) is 2.60. The summed E-state index contributed by atoms with van der Waals surface area (Å²) < 4.78 is 5.11. The number of ether oxygens (including phenoxy) is 1. The van der Waals surface area contributed by atoms with Gasteiger partial charge in [-0.2, -0.15) is 0 Å². The Morgan fingerprint density at radius 2 is 2.00 bits per heavy atom. The fourth-order valence-corrected chi connectivity index (χ4v) is 2.70. The van der Waals surface area contributed by atoms with Gasteiger partial charge < -0.3 is 15.2 Å². The standard InChI is InChI=1S/C20H26N2O3/c1-5-17-9-15(6-7-18(17)12-22-14(2)23)8-16-10-19(13-21-11-16)20(3,24)25-4/h6-7,9-11,13,24H,5,8,12H2,1-4H3,(H,22,23). The van der Waals surface area contributed by atoms with Crippen LogP contribution >= 0.6 is 0 Å². The number of hydrogen-bond donors (Lipinski definition) is 2. The largest absolute Gasteiger partial charge is 0.362 e. The molecule has 25 heavy (non-hydrogen) atoms. The van der Waals surface area contributed by atoms with Crippen LogP contribution in [0.1, 0.15) is 48.6 Å². The lowest BCUT2D eigenvalue weighted by Gasteiger charge is -2.21. The zero-order valence-corrected chi connectivity index (χ0v) is 15.3. The van der Waals surface area contributed by atoms with Crippen molar-refractivity contribution in [2.24, 2.45) is 0 Å². The van der Waals surface area contributed by atoms with Crippen molar-refractivity contribution in [2.75, 3.05) is 7.11 Å². The Morgan fingerprint density at radius 3 is 2.64 bits per heavy atom. The molecule has 2 rings (SSSR count). The van der Waals surface area contributed by atoms with Gasteiger partial charge in [0.05, 0.1) is 0 Å². The van der Waals surface area contributed by atoms with Crippen LogP contribution in [-0.2, 0) is 34.7 Å². The molecule has 0 spiro atoms. The van der Waals surface area contributed by atoms with Gasteiger partial charge in [-0.05, 0) is 48.1 Å². The van der Waals surface area contributed by atoms with Crippen LogP contribution in [0.5, 0.6) is 0 Å². The summed E-state index contributed by atoms with van der Waals surface area (Å²) in [5.41, 5.74) is 5.16. The van der Waals surface area contributed by atoms with Crippen LogP contribution in [0.2, 0.25) is 0 Å². The summed E-state index contributed by atoms with van der Waals surface area (Å²) in [6.45, 7) is 5.77. The molecular weight excluding hydrogens is 316 g/mol. The Hall–Kier alpha value is -2.24. The van der Waals surface area contributed by atoms with E-state index in [4.69, 9.17) is 4.74 Å². The second-order valence-corrected chi connectivity index (χ2v) is 6.31. The van der Waals surface area contributed by atoms with Gasteiger partial charge in [-0.25, -0.2) is 0 Å². The molecule has 0 saturated carbocycles. The predicted molar refractivity (Wildman–Crippen MR) is 97.0 cm³/mol. The van der Waals surface area contributed by atoms with E-state index in [1.807, 2.05) is 6.07 Å². The van der Waals surface area contributed by atoms with Crippen molar-refractivity contribution >= 4 is 5.91 Å². The van der Waals surface area contributed by atoms with Crippen LogP contribution in [0.25, 0.3) is 0 Å². The van der Waals surface area contributed by atoms with Crippen LogP contribution in [0.15, 0.2) is 36.7 Å². The third-order valence-corrected chi connectivity index (χ3v) is 4.32. The zero-order valence-electron chi connectivity index (χ0n) is 15.3. The second-order valence-electron chi connectivity index (χ2n) is 6.31. The fourth-order valence-electron chi connectivity index (χ4n) is 2.70. The number of aromatic nitrogens is 1. The van der Waals surface area contributed by atoms with Gasteiger partial charge in [-0.1, -0.05) is 25.1 Å². The van der Waals surface area contributed by atoms with Gasteiger partial charge in [0.15, 0.2) is 5.79 Å². The molecule has 5 heteroatoms. The van der Waals surface area contributed by atoms with E-state index in [1.165, 1.54) is 25.2 Å². The number of rotatable bonds is 7. The van der Waals surface area contributed by atoms with Crippen molar-refractivity contribution in [1.29, 1.82) is 0 Å². The topological polar surface area (TPSA) is 71.5 Å². The highest BCUT2D eigenvalue weighted by Gasteiger charge is 2.22. The van der Waals surface area contributed by atoms with E-state index in [0.717, 1.165) is 17.5 Å². The first-order valence-corrected chi connectivity index (χ1v) is 8.42. The SMILES string of the molecule is CCc1cc(Cc2cncc(C(C)(O)OC)c2)ccc1CNC(C)=O. The van der Waals surface area contributed by atoms with Crippen LogP contribution in [-0.4, -0.2) is 23.1 Å². The Kier molecular flexibility index (Phi) is 6.28. The minimum Gasteiger partial charge on any atom is -0.362 e. The number of carbonyl (C=O) groups excluding carboxylic acids is 1. The summed E-state index contributed by atoms with van der Waals surface area (Å²) in [6.07, 6.45) is 5.03. The molecule has 0 radical (unpaired) electrons. The Labute approximate surface area is 149 Å². The van der Waals surface area contributed by atoms with E-state index < -0.39 is 5.79 Å². The molecular formula is C20H26N2O3. The number of amides is 1. The third kappa shape index (κ3) is 5.11. The Balaban J connectivity index is 2.20. The maximum absolute atomic E-state index is 11.1. The molecule has 1 unspecified atom stereocenters. The van der Waals surface area contributed by atoms with E-state index in [2.05, 4.69) is 35.4 Å². The molecule has 1 heterocycles. The monoisotopic (exact) mass is 342 g/mol. The van der Waals surface area contributed by atoms with Crippen LogP contribution in [0, 0.1) is 0 Å². The summed E-state index contributed by atoms with van der Waals surface area (Å²) >= 11 is 0. The highest BCUT2D eigenvalue weighted by molar-refractivity contribution is 5.72. The van der Waals surface area contributed by atoms with Gasteiger partial charge in [0, 0.05) is 38.5 Å². The van der Waals surface area contributed by atoms with Crippen molar-refractivity contribution in [1.82, 2.24) is 10.3 Å². The number of nitrogens with zero attached hydrogens (tertiary/aromatic N) is 1. The highest BCUT2D eigenvalue weighted by Crippen LogP contribution is 2.22. The van der Waals surface area contributed by atoms with Crippen molar-refractivity contribution in [3.8, 4) is 0 Å². The van der Waals surface area contributed by atoms with Gasteiger partial charge in [0.25, 0.3) is 0 Å². The minimum atomic E-state index is -1.35. The Morgan fingerprint density at radius 1 is 1.24 bits per heavy atom. The normalized spacial score (nSPS) is 13.3. The first-order valence-electron chi connectivity index (χ1n) is 8.42. The van der Waals surface area contributed by atoms with E-state index in [1.54, 1.807) is 19.3 Å². The third-order valence-electron chi connectivity index (χ3n) is 4.32. The summed E-state index contributed by atoms with van der Waals surface area (Å²) in [7, 11) is 1.47. The lowest BCUT2D eigenvalue weighted by Crippen LogP contribution is -2.23. The molecule has 1 amide bonds. The number of pyridine rings is 1. The summed E-state index contributed by atoms with van der Waals surface area (Å²) in [6, 6.07) is 8.20. The zero-order chi connectivity index (χ0) is 18.4. The van der Waals surface area contributed by atoms with E-state index in [0.29, 0.717) is 18.5 Å². The molecule has 2 N–H and O–H groups in total. The van der Waals surface area contributed by atoms with Crippen LogP contribution < -0.4 is 5.32 Å². The molecule has 0 saturated heterocycles. The van der Waals surface area contributed by atoms with Gasteiger partial charge in [-0.15, -0.1) is 0 Å². The number of carbonyl (C=O) groups is 1. The number of benzene rings is 1. The average molecular weight is 342 g/mol. The molecule has 2 aromatic rings. The van der Waals surface area contributed by atoms with Gasteiger partial charge in [0.1, 0.15) is 0 Å². The molecule has 0 aliphatic rings. The minimum absolute atomic E-state index is 0.0285. The van der Waals surface area contributed by atoms with Crippen molar-refractivity contribution in [3.63, 3.8) is 0 Å². The summed E-state index contributed by atoms with van der Waals surface area (Å²) in [5, 5.41) is 13.1. The Bertz CT molecular complexity index is 741. The van der Waals surface area contributed by atoms with Crippen molar-refractivity contribution in [3.05, 3.63) is 64.5 Å². The molecule has 1 aromatic carbocycles. The molecule has 0 aliphatic carbocycles. The molecule has 134 valence electrons. The maximum atomic E-state index is 11.1. The van der Waals surface area contributed by atoms with Gasteiger partial charge in [0.2, 0.25) is 5.91 Å². The predicted octanol–water partition coefficient (Wildman–Crippen LogP) is 2.68. The van der Waals surface area contributed by atoms with Crippen molar-refractivity contribution in [2.45, 2.75) is 45.9 Å². The van der Waals surface area contributed by atoms with Gasteiger partial charge in [-0.3, -0.25) is 9.78 Å². The number of aryl methyl sites for hydroxylation is 1. The lowest BCUT2D eigenvalue weighted by atomic mass is 9.97. The number of hydrogen-bond acceptors (Lipinski definition) is 4. The lowest BCUT2D eigenvalue weighted by molar-refractivity contribution is -0.179. The summed E-state index contributed by atoms with van der Waals surface area (Å²) in [5.74, 6) is -1.38. The summed E-state index contributed by atoms with van der Waals surface area (Å²) in [4.78, 5) is 15.3. The molecule has 1 atom stereocenters. The molecule has 0 bridgehead atoms. The van der Waals surface area contributed by atoms with Crippen molar-refractivity contribution < 1.29 is 14.6 Å². The second kappa shape index (κ2) is 8.23. The maximum Gasteiger partial charge on any atom is 0.217 e. The van der Waals surface area contributed by atoms with Gasteiger partial charge >= 0.3 is 0 Å². The quantitative estimate of drug-likeness (QED) is 0.759. The molecule has 5 nitrogen and oxygen atoms in total. The first-order chi connectivity index (χ1) is 11.9. The van der Waals surface area contributed by atoms with E-state index >= 15 is 0 Å². The van der Waals surface area contributed by atoms with Crippen LogP contribution in [0.3, 0.4) is 0 Å². The number of methoxy groups -OCH3 is 1. The smallest absolute Gasteiger partial charge is 0.217 e. The highest BCUT2D eigenvalue weighted by atomic mass is 16.6. The molecule has 1 aromatic heterocycles. The van der Waals surface area contributed by atoms with Crippen LogP contribution in [0.4, 0.5) is 0 Å². The van der Waals surface area contributed by atoms with E-state index in [-0.39, 0.29) is 5.91 Å². The van der Waals surface area contributed by atoms with E-state index in [9.17, 15) is 9.90 Å². The number of aliphatic hydroxyl groups is 1. The molecule has 0 aliphatic heterocycles. The first kappa shape index (κ1) is 19.1. The fraction of sp³-hybridized carbons (Fsp3) is 0.400.